The van der Waals surface area contributed by atoms with Gasteiger partial charge >= 0.3 is 5.97 Å². The lowest BCUT2D eigenvalue weighted by atomic mass is 10.2. The molecule has 0 N–H and O–H groups in total. The Morgan fingerprint density at radius 3 is 2.83 bits per heavy atom. The van der Waals surface area contributed by atoms with Crippen LogP contribution in [-0.4, -0.2) is 27.1 Å². The molecule has 0 radical (unpaired) electrons. The number of aromatic nitrogens is 3. The zero-order valence-electron chi connectivity index (χ0n) is 12.2. The summed E-state index contributed by atoms with van der Waals surface area (Å²) in [6.45, 7) is 0.0382. The minimum Gasteiger partial charge on any atom is -0.449 e. The molecule has 0 bridgehead atoms. The van der Waals surface area contributed by atoms with Gasteiger partial charge in [-0.3, -0.25) is 4.57 Å². The summed E-state index contributed by atoms with van der Waals surface area (Å²) in [7, 11) is 0. The quantitative estimate of drug-likeness (QED) is 0.551. The minimum absolute atomic E-state index is 0.0382. The standard InChI is InChI=1S/C18H13N3O2/c22-18(23-12-4-7-15-5-2-1-3-6-15)16-8-9-20-17(13-16)21-11-10-19-14-21/h1-3,5-6,8-11,13-14H,12H2. The predicted octanol–water partition coefficient (Wildman–Crippen LogP) is 2.48. The van der Waals surface area contributed by atoms with Crippen molar-refractivity contribution in [3.05, 3.63) is 78.5 Å². The maximum absolute atomic E-state index is 12.0. The molecule has 0 amide bonds. The highest BCUT2D eigenvalue weighted by Gasteiger charge is 2.08. The van der Waals surface area contributed by atoms with E-state index in [1.165, 1.54) is 0 Å². The molecule has 0 atom stereocenters. The van der Waals surface area contributed by atoms with Crippen LogP contribution in [0.15, 0.2) is 67.4 Å². The van der Waals surface area contributed by atoms with Crippen molar-refractivity contribution in [3.63, 3.8) is 0 Å². The van der Waals surface area contributed by atoms with Crippen LogP contribution in [0.4, 0.5) is 0 Å². The third kappa shape index (κ3) is 3.83. The van der Waals surface area contributed by atoms with Crippen molar-refractivity contribution in [1.29, 1.82) is 0 Å². The number of pyridine rings is 1. The van der Waals surface area contributed by atoms with Crippen molar-refractivity contribution in [1.82, 2.24) is 14.5 Å². The fourth-order valence-corrected chi connectivity index (χ4v) is 1.93. The summed E-state index contributed by atoms with van der Waals surface area (Å²) in [5.74, 6) is 5.92. The molecule has 1 aromatic carbocycles. The Bertz CT molecular complexity index is 847. The first-order chi connectivity index (χ1) is 11.3. The third-order valence-corrected chi connectivity index (χ3v) is 3.03. The molecule has 0 fully saturated rings. The lowest BCUT2D eigenvalue weighted by molar-refractivity contribution is 0.0556. The number of ether oxygens (including phenoxy) is 1. The average Bonchev–Trinajstić information content (AvgIpc) is 3.14. The van der Waals surface area contributed by atoms with Crippen molar-refractivity contribution in [2.75, 3.05) is 6.61 Å². The van der Waals surface area contributed by atoms with Crippen LogP contribution in [-0.2, 0) is 4.74 Å². The van der Waals surface area contributed by atoms with Gasteiger partial charge in [-0.1, -0.05) is 30.0 Å². The Labute approximate surface area is 133 Å². The summed E-state index contributed by atoms with van der Waals surface area (Å²) in [6, 6.07) is 12.8. The maximum Gasteiger partial charge on any atom is 0.339 e. The highest BCUT2D eigenvalue weighted by atomic mass is 16.5. The Balaban J connectivity index is 1.63. The van der Waals surface area contributed by atoms with Crippen LogP contribution in [0, 0.1) is 11.8 Å². The number of rotatable bonds is 3. The highest BCUT2D eigenvalue weighted by molar-refractivity contribution is 5.89. The van der Waals surface area contributed by atoms with E-state index in [1.807, 2.05) is 30.3 Å². The van der Waals surface area contributed by atoms with E-state index in [1.54, 1.807) is 41.6 Å². The number of nitrogens with zero attached hydrogens (tertiary/aromatic N) is 3. The van der Waals surface area contributed by atoms with Gasteiger partial charge in [0.2, 0.25) is 0 Å². The molecule has 0 aliphatic carbocycles. The first-order valence-corrected chi connectivity index (χ1v) is 6.98. The van der Waals surface area contributed by atoms with Gasteiger partial charge < -0.3 is 4.74 Å². The summed E-state index contributed by atoms with van der Waals surface area (Å²) in [4.78, 5) is 20.2. The summed E-state index contributed by atoms with van der Waals surface area (Å²) >= 11 is 0. The molecule has 3 aromatic rings. The molecule has 0 saturated carbocycles. The second kappa shape index (κ2) is 7.05. The van der Waals surface area contributed by atoms with E-state index in [0.29, 0.717) is 11.4 Å². The molecule has 0 saturated heterocycles. The summed E-state index contributed by atoms with van der Waals surface area (Å²) in [6.07, 6.45) is 6.57. The van der Waals surface area contributed by atoms with Gasteiger partial charge in [0, 0.05) is 24.2 Å². The monoisotopic (exact) mass is 303 g/mol. The molecule has 5 heteroatoms. The van der Waals surface area contributed by atoms with Crippen LogP contribution in [0.5, 0.6) is 0 Å². The largest absolute Gasteiger partial charge is 0.449 e. The molecular formula is C18H13N3O2. The molecule has 23 heavy (non-hydrogen) atoms. The molecule has 5 nitrogen and oxygen atoms in total. The summed E-state index contributed by atoms with van der Waals surface area (Å²) in [5.41, 5.74) is 1.31. The number of imidazole rings is 1. The van der Waals surface area contributed by atoms with Gasteiger partial charge in [0.25, 0.3) is 0 Å². The molecule has 0 unspecified atom stereocenters. The molecule has 0 spiro atoms. The number of hydrogen-bond donors (Lipinski definition) is 0. The van der Waals surface area contributed by atoms with E-state index in [2.05, 4.69) is 21.8 Å². The van der Waals surface area contributed by atoms with E-state index in [-0.39, 0.29) is 6.61 Å². The number of carbonyl (C=O) groups excluding carboxylic acids is 1. The molecule has 0 aliphatic heterocycles. The lowest BCUT2D eigenvalue weighted by Gasteiger charge is -2.04. The van der Waals surface area contributed by atoms with Gasteiger partial charge in [-0.25, -0.2) is 14.8 Å². The molecular weight excluding hydrogens is 290 g/mol. The van der Waals surface area contributed by atoms with Gasteiger partial charge in [0.1, 0.15) is 12.1 Å². The summed E-state index contributed by atoms with van der Waals surface area (Å²) in [5, 5.41) is 0. The topological polar surface area (TPSA) is 57.0 Å². The molecule has 2 aromatic heterocycles. The number of hydrogen-bond acceptors (Lipinski definition) is 4. The molecule has 0 aliphatic rings. The lowest BCUT2D eigenvalue weighted by Crippen LogP contribution is -2.07. The molecule has 3 rings (SSSR count). The van der Waals surface area contributed by atoms with Gasteiger partial charge in [-0.05, 0) is 24.3 Å². The SMILES string of the molecule is O=C(OCC#Cc1ccccc1)c1ccnc(-n2ccnc2)c1. The van der Waals surface area contributed by atoms with E-state index in [0.717, 1.165) is 5.56 Å². The zero-order chi connectivity index (χ0) is 15.9. The first-order valence-electron chi connectivity index (χ1n) is 6.98. The number of carbonyl (C=O) groups is 1. The van der Waals surface area contributed by atoms with Crippen LogP contribution < -0.4 is 0 Å². The van der Waals surface area contributed by atoms with Gasteiger partial charge in [0.15, 0.2) is 6.61 Å². The van der Waals surface area contributed by atoms with E-state index in [9.17, 15) is 4.79 Å². The van der Waals surface area contributed by atoms with Crippen LogP contribution >= 0.6 is 0 Å². The van der Waals surface area contributed by atoms with Crippen molar-refractivity contribution < 1.29 is 9.53 Å². The van der Waals surface area contributed by atoms with Crippen LogP contribution in [0.25, 0.3) is 5.82 Å². The fourth-order valence-electron chi connectivity index (χ4n) is 1.93. The number of esters is 1. The van der Waals surface area contributed by atoms with Crippen LogP contribution in [0.3, 0.4) is 0 Å². The van der Waals surface area contributed by atoms with Crippen molar-refractivity contribution >= 4 is 5.97 Å². The van der Waals surface area contributed by atoms with Gasteiger partial charge in [0.05, 0.1) is 5.56 Å². The fraction of sp³-hybridized carbons (Fsp3) is 0.0556. The molecule has 112 valence electrons. The Morgan fingerprint density at radius 1 is 1.17 bits per heavy atom. The Hall–Kier alpha value is -3.39. The highest BCUT2D eigenvalue weighted by Crippen LogP contribution is 2.08. The second-order valence-electron chi connectivity index (χ2n) is 4.62. The average molecular weight is 303 g/mol. The normalized spacial score (nSPS) is 9.74. The minimum atomic E-state index is -0.434. The van der Waals surface area contributed by atoms with Crippen molar-refractivity contribution in [2.45, 2.75) is 0 Å². The van der Waals surface area contributed by atoms with Crippen LogP contribution in [0.2, 0.25) is 0 Å². The second-order valence-corrected chi connectivity index (χ2v) is 4.62. The number of benzene rings is 1. The van der Waals surface area contributed by atoms with Crippen molar-refractivity contribution in [3.8, 4) is 17.7 Å². The van der Waals surface area contributed by atoms with Gasteiger partial charge in [-0.15, -0.1) is 0 Å². The Kier molecular flexibility index (Phi) is 4.46. The maximum atomic E-state index is 12.0. The predicted molar refractivity (Wildman–Crippen MR) is 85.0 cm³/mol. The molecule has 2 heterocycles. The Morgan fingerprint density at radius 2 is 2.04 bits per heavy atom. The smallest absolute Gasteiger partial charge is 0.339 e. The zero-order valence-corrected chi connectivity index (χ0v) is 12.2. The van der Waals surface area contributed by atoms with Crippen LogP contribution in [0.1, 0.15) is 15.9 Å². The van der Waals surface area contributed by atoms with E-state index < -0.39 is 5.97 Å². The van der Waals surface area contributed by atoms with E-state index in [4.69, 9.17) is 4.74 Å². The first kappa shape index (κ1) is 14.5. The van der Waals surface area contributed by atoms with Gasteiger partial charge in [-0.2, -0.15) is 0 Å². The van der Waals surface area contributed by atoms with Crippen molar-refractivity contribution in [2.24, 2.45) is 0 Å². The third-order valence-electron chi connectivity index (χ3n) is 3.03. The van der Waals surface area contributed by atoms with E-state index >= 15 is 0 Å². The summed E-state index contributed by atoms with van der Waals surface area (Å²) < 4.78 is 6.87.